The second kappa shape index (κ2) is 8.68. The summed E-state index contributed by atoms with van der Waals surface area (Å²) in [5.74, 6) is -1.99. The summed E-state index contributed by atoms with van der Waals surface area (Å²) in [6.07, 6.45) is 1.38. The van der Waals surface area contributed by atoms with Crippen LogP contribution in [-0.4, -0.2) is 18.1 Å². The maximum atomic E-state index is 13.2. The quantitative estimate of drug-likeness (QED) is 0.315. The Bertz CT molecular complexity index is 1030. The molecule has 3 rings (SSSR count). The SMILES string of the molecule is O=C(N/N=C\c1ccc(OC(=O)c2cccc(F)c2)cc1)c1cccc(F)c1. The highest BCUT2D eigenvalue weighted by molar-refractivity contribution is 5.95. The molecule has 0 atom stereocenters. The first-order chi connectivity index (χ1) is 13.5. The molecule has 7 heteroatoms. The van der Waals surface area contributed by atoms with E-state index in [1.807, 2.05) is 0 Å². The number of esters is 1. The van der Waals surface area contributed by atoms with Gasteiger partial charge in [-0.25, -0.2) is 19.0 Å². The van der Waals surface area contributed by atoms with Gasteiger partial charge in [0.15, 0.2) is 0 Å². The number of rotatable bonds is 5. The van der Waals surface area contributed by atoms with E-state index >= 15 is 0 Å². The molecule has 1 amide bonds. The molecule has 0 bridgehead atoms. The fourth-order valence-corrected chi connectivity index (χ4v) is 2.26. The minimum atomic E-state index is -0.678. The first kappa shape index (κ1) is 18.9. The summed E-state index contributed by atoms with van der Waals surface area (Å²) in [7, 11) is 0. The van der Waals surface area contributed by atoms with Crippen molar-refractivity contribution in [1.82, 2.24) is 5.43 Å². The third kappa shape index (κ3) is 5.07. The van der Waals surface area contributed by atoms with Crippen molar-refractivity contribution in [2.24, 2.45) is 5.10 Å². The zero-order valence-corrected chi connectivity index (χ0v) is 14.4. The molecule has 0 radical (unpaired) electrons. The molecule has 140 valence electrons. The third-order valence-electron chi connectivity index (χ3n) is 3.62. The Hall–Kier alpha value is -3.87. The molecular weight excluding hydrogens is 366 g/mol. The van der Waals surface area contributed by atoms with Gasteiger partial charge in [0, 0.05) is 5.56 Å². The van der Waals surface area contributed by atoms with Crippen LogP contribution in [0.3, 0.4) is 0 Å². The van der Waals surface area contributed by atoms with E-state index in [-0.39, 0.29) is 16.9 Å². The van der Waals surface area contributed by atoms with Crippen molar-refractivity contribution in [3.63, 3.8) is 0 Å². The Morgan fingerprint density at radius 3 is 2.11 bits per heavy atom. The van der Waals surface area contributed by atoms with Crippen molar-refractivity contribution < 1.29 is 23.1 Å². The molecule has 1 N–H and O–H groups in total. The van der Waals surface area contributed by atoms with Gasteiger partial charge in [0.1, 0.15) is 17.4 Å². The van der Waals surface area contributed by atoms with Gasteiger partial charge in [0.25, 0.3) is 5.91 Å². The summed E-state index contributed by atoms with van der Waals surface area (Å²) in [5.41, 5.74) is 3.17. The maximum Gasteiger partial charge on any atom is 0.343 e. The number of nitrogens with one attached hydrogen (secondary N) is 1. The molecule has 5 nitrogen and oxygen atoms in total. The van der Waals surface area contributed by atoms with Crippen molar-refractivity contribution in [3.8, 4) is 5.75 Å². The summed E-state index contributed by atoms with van der Waals surface area (Å²) < 4.78 is 31.4. The molecule has 0 heterocycles. The normalized spacial score (nSPS) is 10.6. The number of hydrazone groups is 1. The number of carbonyl (C=O) groups excluding carboxylic acids is 2. The lowest BCUT2D eigenvalue weighted by Gasteiger charge is -2.04. The summed E-state index contributed by atoms with van der Waals surface area (Å²) in [4.78, 5) is 23.8. The number of benzene rings is 3. The van der Waals surface area contributed by atoms with Gasteiger partial charge in [-0.05, 0) is 66.2 Å². The van der Waals surface area contributed by atoms with E-state index in [1.54, 1.807) is 12.1 Å². The number of carbonyl (C=O) groups is 2. The summed E-state index contributed by atoms with van der Waals surface area (Å²) in [6.45, 7) is 0. The molecule has 0 saturated heterocycles. The topological polar surface area (TPSA) is 67.8 Å². The predicted molar refractivity (Wildman–Crippen MR) is 99.3 cm³/mol. The van der Waals surface area contributed by atoms with Crippen LogP contribution >= 0.6 is 0 Å². The molecule has 0 fully saturated rings. The highest BCUT2D eigenvalue weighted by Crippen LogP contribution is 2.14. The Morgan fingerprint density at radius 2 is 1.46 bits per heavy atom. The van der Waals surface area contributed by atoms with Gasteiger partial charge in [0.05, 0.1) is 11.8 Å². The molecular formula is C21H14F2N2O3. The largest absolute Gasteiger partial charge is 0.423 e. The summed E-state index contributed by atoms with van der Waals surface area (Å²) in [5, 5.41) is 3.80. The standard InChI is InChI=1S/C21H14F2N2O3/c22-17-5-1-3-15(11-17)20(26)25-24-13-14-7-9-19(10-8-14)28-21(27)16-4-2-6-18(23)12-16/h1-13H,(H,25,26)/b24-13-. The Kier molecular flexibility index (Phi) is 5.86. The Labute approximate surface area is 159 Å². The molecule has 0 aromatic heterocycles. The molecule has 0 unspecified atom stereocenters. The van der Waals surface area contributed by atoms with Gasteiger partial charge in [-0.2, -0.15) is 5.10 Å². The fraction of sp³-hybridized carbons (Fsp3) is 0. The molecule has 3 aromatic rings. The number of nitrogens with zero attached hydrogens (tertiary/aromatic N) is 1. The van der Waals surface area contributed by atoms with Crippen molar-refractivity contribution >= 4 is 18.1 Å². The minimum Gasteiger partial charge on any atom is -0.423 e. The van der Waals surface area contributed by atoms with E-state index in [0.29, 0.717) is 5.56 Å². The molecule has 0 aliphatic rings. The second-order valence-corrected chi connectivity index (χ2v) is 5.68. The van der Waals surface area contributed by atoms with Crippen LogP contribution in [-0.2, 0) is 0 Å². The minimum absolute atomic E-state index is 0.103. The number of hydrogen-bond acceptors (Lipinski definition) is 4. The Balaban J connectivity index is 1.57. The fourth-order valence-electron chi connectivity index (χ4n) is 2.26. The maximum absolute atomic E-state index is 13.2. The average Bonchev–Trinajstić information content (AvgIpc) is 2.69. The zero-order chi connectivity index (χ0) is 19.9. The highest BCUT2D eigenvalue weighted by atomic mass is 19.1. The van der Waals surface area contributed by atoms with E-state index < -0.39 is 23.5 Å². The lowest BCUT2D eigenvalue weighted by molar-refractivity contribution is 0.0734. The highest BCUT2D eigenvalue weighted by Gasteiger charge is 2.09. The lowest BCUT2D eigenvalue weighted by atomic mass is 10.2. The monoisotopic (exact) mass is 380 g/mol. The molecule has 28 heavy (non-hydrogen) atoms. The number of halogens is 2. The van der Waals surface area contributed by atoms with Crippen LogP contribution in [0.5, 0.6) is 5.75 Å². The molecule has 0 aliphatic heterocycles. The number of hydrogen-bond donors (Lipinski definition) is 1. The average molecular weight is 380 g/mol. The Morgan fingerprint density at radius 1 is 0.857 bits per heavy atom. The van der Waals surface area contributed by atoms with Crippen LogP contribution in [0.4, 0.5) is 8.78 Å². The van der Waals surface area contributed by atoms with Gasteiger partial charge in [-0.15, -0.1) is 0 Å². The molecule has 0 spiro atoms. The van der Waals surface area contributed by atoms with Gasteiger partial charge < -0.3 is 4.74 Å². The summed E-state index contributed by atoms with van der Waals surface area (Å²) in [6, 6.07) is 16.7. The predicted octanol–water partition coefficient (Wildman–Crippen LogP) is 3.95. The van der Waals surface area contributed by atoms with E-state index in [2.05, 4.69) is 10.5 Å². The molecule has 0 aliphatic carbocycles. The van der Waals surface area contributed by atoms with Gasteiger partial charge in [-0.3, -0.25) is 4.79 Å². The smallest absolute Gasteiger partial charge is 0.343 e. The summed E-state index contributed by atoms with van der Waals surface area (Å²) >= 11 is 0. The first-order valence-electron chi connectivity index (χ1n) is 8.18. The van der Waals surface area contributed by atoms with E-state index in [9.17, 15) is 18.4 Å². The molecule has 0 saturated carbocycles. The van der Waals surface area contributed by atoms with E-state index in [4.69, 9.17) is 4.74 Å². The lowest BCUT2D eigenvalue weighted by Crippen LogP contribution is -2.17. The van der Waals surface area contributed by atoms with Crippen LogP contribution in [0.1, 0.15) is 26.3 Å². The van der Waals surface area contributed by atoms with E-state index in [0.717, 1.165) is 12.1 Å². The first-order valence-corrected chi connectivity index (χ1v) is 8.18. The van der Waals surface area contributed by atoms with E-state index in [1.165, 1.54) is 54.7 Å². The van der Waals surface area contributed by atoms with Crippen LogP contribution < -0.4 is 10.2 Å². The second-order valence-electron chi connectivity index (χ2n) is 5.68. The van der Waals surface area contributed by atoms with Crippen LogP contribution in [0.25, 0.3) is 0 Å². The van der Waals surface area contributed by atoms with Crippen molar-refractivity contribution in [2.75, 3.05) is 0 Å². The van der Waals surface area contributed by atoms with Crippen LogP contribution in [0.15, 0.2) is 77.9 Å². The van der Waals surface area contributed by atoms with Gasteiger partial charge in [0.2, 0.25) is 0 Å². The third-order valence-corrected chi connectivity index (χ3v) is 3.62. The number of amides is 1. The van der Waals surface area contributed by atoms with Gasteiger partial charge in [-0.1, -0.05) is 12.1 Å². The van der Waals surface area contributed by atoms with Crippen molar-refractivity contribution in [3.05, 3.63) is 101 Å². The zero-order valence-electron chi connectivity index (χ0n) is 14.4. The molecule has 3 aromatic carbocycles. The van der Waals surface area contributed by atoms with Crippen molar-refractivity contribution in [2.45, 2.75) is 0 Å². The van der Waals surface area contributed by atoms with Crippen LogP contribution in [0.2, 0.25) is 0 Å². The van der Waals surface area contributed by atoms with Crippen molar-refractivity contribution in [1.29, 1.82) is 0 Å². The van der Waals surface area contributed by atoms with Gasteiger partial charge >= 0.3 is 5.97 Å². The van der Waals surface area contributed by atoms with Crippen LogP contribution in [0, 0.1) is 11.6 Å². The number of ether oxygens (including phenoxy) is 1.